The molecule has 2 atom stereocenters. The quantitative estimate of drug-likeness (QED) is 0.400. The number of nitro benzene ring substituents is 1. The summed E-state index contributed by atoms with van der Waals surface area (Å²) in [6, 6.07) is 5.14. The van der Waals surface area contributed by atoms with E-state index in [0.717, 1.165) is 25.3 Å². The van der Waals surface area contributed by atoms with Gasteiger partial charge in [0.15, 0.2) is 0 Å². The number of unbranched alkanes of at least 4 members (excludes halogenated alkanes) is 1. The molecule has 7 nitrogen and oxygen atoms in total. The summed E-state index contributed by atoms with van der Waals surface area (Å²) in [5, 5.41) is 31.3. The van der Waals surface area contributed by atoms with E-state index in [1.807, 2.05) is 4.90 Å². The van der Waals surface area contributed by atoms with Crippen molar-refractivity contribution in [2.24, 2.45) is 0 Å². The molecule has 1 aliphatic rings. The Morgan fingerprint density at radius 2 is 2.08 bits per heavy atom. The van der Waals surface area contributed by atoms with Crippen molar-refractivity contribution in [1.29, 1.82) is 0 Å². The van der Waals surface area contributed by atoms with Crippen LogP contribution in [-0.2, 0) is 0 Å². The van der Waals surface area contributed by atoms with E-state index in [4.69, 9.17) is 12.2 Å². The van der Waals surface area contributed by atoms with Crippen molar-refractivity contribution >= 4 is 34.0 Å². The van der Waals surface area contributed by atoms with Crippen molar-refractivity contribution in [2.75, 3.05) is 25.7 Å². The molecule has 0 amide bonds. The van der Waals surface area contributed by atoms with Crippen molar-refractivity contribution in [3.63, 3.8) is 0 Å². The van der Waals surface area contributed by atoms with Gasteiger partial charge < -0.3 is 15.1 Å². The smallest absolute Gasteiger partial charge is 0.269 e. The summed E-state index contributed by atoms with van der Waals surface area (Å²) < 4.78 is 0.646. The van der Waals surface area contributed by atoms with Crippen LogP contribution in [0.3, 0.4) is 0 Å². The van der Waals surface area contributed by atoms with Gasteiger partial charge in [0, 0.05) is 18.7 Å². The molecule has 0 spiro atoms. The topological polar surface area (TPSA) is 90.1 Å². The third-order valence-corrected chi connectivity index (χ3v) is 5.75. The Bertz CT molecular complexity index is 600. The molecule has 0 aliphatic carbocycles. The summed E-state index contributed by atoms with van der Waals surface area (Å²) in [7, 11) is 0. The molecule has 0 radical (unpaired) electrons. The molecule has 0 aromatic heterocycles. The largest absolute Gasteiger partial charge is 0.394 e. The average molecular weight is 386 g/mol. The van der Waals surface area contributed by atoms with Crippen molar-refractivity contribution in [3.05, 3.63) is 39.9 Å². The first-order chi connectivity index (χ1) is 12.0. The second kappa shape index (κ2) is 9.44. The number of hydrogen-bond acceptors (Lipinski definition) is 7. The maximum atomic E-state index is 10.8. The van der Waals surface area contributed by atoms with Gasteiger partial charge in [-0.15, -0.1) is 0 Å². The zero-order valence-corrected chi connectivity index (χ0v) is 15.7. The highest BCUT2D eigenvalue weighted by molar-refractivity contribution is 8.22. The molecular formula is C16H23N3O4S2. The van der Waals surface area contributed by atoms with Crippen LogP contribution in [0.2, 0.25) is 0 Å². The number of thioether (sulfide) groups is 1. The Kier molecular flexibility index (Phi) is 7.57. The molecule has 1 heterocycles. The van der Waals surface area contributed by atoms with Crippen LogP contribution in [0, 0.1) is 10.1 Å². The molecule has 1 aromatic carbocycles. The molecule has 1 aromatic rings. The van der Waals surface area contributed by atoms with Crippen LogP contribution in [0.4, 0.5) is 5.69 Å². The van der Waals surface area contributed by atoms with Gasteiger partial charge >= 0.3 is 0 Å². The van der Waals surface area contributed by atoms with E-state index >= 15 is 0 Å². The number of non-ortho nitro benzene ring substituents is 1. The highest BCUT2D eigenvalue weighted by Gasteiger charge is 2.32. The van der Waals surface area contributed by atoms with Crippen LogP contribution in [-0.4, -0.2) is 61.0 Å². The molecule has 1 fully saturated rings. The van der Waals surface area contributed by atoms with E-state index in [2.05, 4.69) is 11.8 Å². The van der Waals surface area contributed by atoms with Crippen molar-refractivity contribution in [3.8, 4) is 0 Å². The summed E-state index contributed by atoms with van der Waals surface area (Å²) in [6.07, 6.45) is 1.19. The molecule has 25 heavy (non-hydrogen) atoms. The van der Waals surface area contributed by atoms with Crippen LogP contribution in [0.25, 0.3) is 0 Å². The first kappa shape index (κ1) is 20.1. The van der Waals surface area contributed by atoms with Crippen LogP contribution in [0.15, 0.2) is 24.3 Å². The van der Waals surface area contributed by atoms with Crippen molar-refractivity contribution in [2.45, 2.75) is 31.9 Å². The van der Waals surface area contributed by atoms with E-state index in [1.165, 1.54) is 36.0 Å². The number of thiocarbonyl (C=S) groups is 1. The van der Waals surface area contributed by atoms with Crippen LogP contribution in [0.5, 0.6) is 0 Å². The zero-order chi connectivity index (χ0) is 18.4. The fraction of sp³-hybridized carbons (Fsp3) is 0.562. The third kappa shape index (κ3) is 5.11. The number of hydrogen-bond donors (Lipinski definition) is 2. The predicted octanol–water partition coefficient (Wildman–Crippen LogP) is 2.34. The van der Waals surface area contributed by atoms with Gasteiger partial charge in [0.25, 0.3) is 5.69 Å². The zero-order valence-electron chi connectivity index (χ0n) is 14.1. The molecule has 138 valence electrons. The minimum absolute atomic E-state index is 0.0358. The Balaban J connectivity index is 2.12. The normalized spacial score (nSPS) is 18.2. The fourth-order valence-corrected chi connectivity index (χ4v) is 3.90. The van der Waals surface area contributed by atoms with Gasteiger partial charge in [-0.1, -0.05) is 37.3 Å². The molecular weight excluding hydrogens is 362 g/mol. The maximum Gasteiger partial charge on any atom is 0.269 e. The predicted molar refractivity (Wildman–Crippen MR) is 102 cm³/mol. The molecule has 0 saturated carbocycles. The lowest BCUT2D eigenvalue weighted by Gasteiger charge is -2.42. The molecule has 9 heteroatoms. The molecule has 1 saturated heterocycles. The summed E-state index contributed by atoms with van der Waals surface area (Å²) in [4.78, 5) is 14.3. The minimum Gasteiger partial charge on any atom is -0.394 e. The summed E-state index contributed by atoms with van der Waals surface area (Å²) in [5.74, 6) is 0.807. The third-order valence-electron chi connectivity index (χ3n) is 4.18. The lowest BCUT2D eigenvalue weighted by atomic mass is 10.0. The van der Waals surface area contributed by atoms with Crippen LogP contribution >= 0.6 is 24.0 Å². The van der Waals surface area contributed by atoms with Gasteiger partial charge in [-0.2, -0.15) is 0 Å². The Hall–Kier alpha value is -1.26. The van der Waals surface area contributed by atoms with Gasteiger partial charge in [-0.05, 0) is 24.1 Å². The maximum absolute atomic E-state index is 10.8. The average Bonchev–Trinajstić information content (AvgIpc) is 2.62. The summed E-state index contributed by atoms with van der Waals surface area (Å²) in [5.41, 5.74) is 0.481. The number of rotatable bonds is 8. The Labute approximate surface area is 156 Å². The molecule has 0 bridgehead atoms. The van der Waals surface area contributed by atoms with Crippen LogP contribution in [0.1, 0.15) is 31.4 Å². The van der Waals surface area contributed by atoms with E-state index in [1.54, 1.807) is 0 Å². The standard InChI is InChI=1S/C16H23N3O4S2/c1-2-3-8-17-10-18(16(24)25-11-17)14(9-20)15(21)12-4-6-13(7-5-12)19(22)23/h4-7,14-15,20-21H,2-3,8-11H2,1H3/t14?,15-/m1/s1. The van der Waals surface area contributed by atoms with Gasteiger partial charge in [-0.3, -0.25) is 15.0 Å². The molecule has 1 aliphatic heterocycles. The van der Waals surface area contributed by atoms with E-state index < -0.39 is 17.1 Å². The monoisotopic (exact) mass is 385 g/mol. The number of benzene rings is 1. The fourth-order valence-electron chi connectivity index (χ4n) is 2.68. The van der Waals surface area contributed by atoms with E-state index in [9.17, 15) is 20.3 Å². The number of nitro groups is 1. The van der Waals surface area contributed by atoms with Gasteiger partial charge in [-0.25, -0.2) is 0 Å². The van der Waals surface area contributed by atoms with Gasteiger partial charge in [0.2, 0.25) is 0 Å². The minimum atomic E-state index is -0.990. The first-order valence-corrected chi connectivity index (χ1v) is 9.56. The van der Waals surface area contributed by atoms with Crippen LogP contribution < -0.4 is 0 Å². The SMILES string of the molecule is CCCCN1CSC(=S)N(C(CO)[C@H](O)c2ccc([N+](=O)[O-])cc2)C1. The van der Waals surface area contributed by atoms with E-state index in [0.29, 0.717) is 16.6 Å². The Morgan fingerprint density at radius 1 is 1.40 bits per heavy atom. The lowest BCUT2D eigenvalue weighted by molar-refractivity contribution is -0.384. The highest BCUT2D eigenvalue weighted by atomic mass is 32.2. The second-order valence-electron chi connectivity index (χ2n) is 5.94. The molecule has 2 rings (SSSR count). The first-order valence-electron chi connectivity index (χ1n) is 8.17. The molecule has 2 N–H and O–H groups in total. The van der Waals surface area contributed by atoms with Gasteiger partial charge in [0.05, 0.1) is 30.1 Å². The van der Waals surface area contributed by atoms with E-state index in [-0.39, 0.29) is 12.3 Å². The lowest BCUT2D eigenvalue weighted by Crippen LogP contribution is -2.53. The number of aliphatic hydroxyl groups excluding tert-OH is 2. The summed E-state index contributed by atoms with van der Waals surface area (Å²) >= 11 is 6.93. The van der Waals surface area contributed by atoms with Gasteiger partial charge in [0.1, 0.15) is 10.4 Å². The van der Waals surface area contributed by atoms with Crippen molar-refractivity contribution in [1.82, 2.24) is 9.80 Å². The molecule has 1 unspecified atom stereocenters. The Morgan fingerprint density at radius 3 is 2.64 bits per heavy atom. The number of nitrogens with zero attached hydrogens (tertiary/aromatic N) is 3. The number of aliphatic hydroxyl groups is 2. The summed E-state index contributed by atoms with van der Waals surface area (Å²) in [6.45, 7) is 3.37. The second-order valence-corrected chi connectivity index (χ2v) is 7.52. The highest BCUT2D eigenvalue weighted by Crippen LogP contribution is 2.28. The van der Waals surface area contributed by atoms with Crippen molar-refractivity contribution < 1.29 is 15.1 Å².